The molecule has 3 fully saturated rings. The number of halogens is 3. The van der Waals surface area contributed by atoms with Gasteiger partial charge in [0.2, 0.25) is 17.7 Å². The highest BCUT2D eigenvalue weighted by molar-refractivity contribution is 6.00. The van der Waals surface area contributed by atoms with Crippen molar-refractivity contribution in [1.82, 2.24) is 73.9 Å². The number of aromatic nitrogens is 12. The van der Waals surface area contributed by atoms with Gasteiger partial charge in [0.15, 0.2) is 0 Å². The molecule has 84 heavy (non-hydrogen) atoms. The summed E-state index contributed by atoms with van der Waals surface area (Å²) in [6, 6.07) is 5.13. The van der Waals surface area contributed by atoms with Crippen molar-refractivity contribution in [2.24, 2.45) is 0 Å². The number of H-pyrrole nitrogens is 3. The lowest BCUT2D eigenvalue weighted by atomic mass is 10.0. The van der Waals surface area contributed by atoms with E-state index >= 15 is 0 Å². The summed E-state index contributed by atoms with van der Waals surface area (Å²) in [4.78, 5) is 62.3. The number of pyridine rings is 3. The van der Waals surface area contributed by atoms with Crippen molar-refractivity contribution in [3.8, 4) is 33.4 Å². The fourth-order valence-electron chi connectivity index (χ4n) is 12.1. The van der Waals surface area contributed by atoms with Gasteiger partial charge in [-0.2, -0.15) is 15.3 Å². The second-order valence-corrected chi connectivity index (χ2v) is 22.2. The molecule has 0 saturated carbocycles. The number of carbonyl (C=O) groups excluding carboxylic acids is 3. The third-order valence-electron chi connectivity index (χ3n) is 16.6. The summed E-state index contributed by atoms with van der Waals surface area (Å²) in [7, 11) is 1.88. The Hall–Kier alpha value is -8.70. The van der Waals surface area contributed by atoms with Gasteiger partial charge in [-0.1, -0.05) is 0 Å². The standard InChI is InChI=1S/C21H27FN6O.C20H25FN6O.C19H23FN6O/c1-12(2)26-20-15-5-7-23-21(15)24-9-17(20)16-10-25-28(13(16)3)19-6-8-27(14(4)29)11-18(19)22;1-4-22-19-14-5-7-23-20(14)24-9-16(19)15-10-25-27(12(15)2)18-6-8-26(13(3)28)11-17(18)21;1-11-14(15-8-23-19-13(4-6-22-19)18(15)21-3)9-24-26(11)17-5-7-25(12(2)27)10-16(17)20/h5,7,9-10,12,18-19H,6,8,11H2,1-4H3,(H2,23,24,26);5,7,9-10,17-18H,4,6,8,11H2,1-3H3,(H2,22,23,24);4,6,8-9,16-17H,5,7,10H2,1-3H3,(H2,21,22,23)/t18-,19-;17-,18-;16-,17-/m000/s1. The molecule has 0 aromatic carbocycles. The summed E-state index contributed by atoms with van der Waals surface area (Å²) in [5.74, 6) is -0.252. The number of rotatable bonds is 11. The van der Waals surface area contributed by atoms with Crippen molar-refractivity contribution in [3.63, 3.8) is 0 Å². The molecule has 24 heteroatoms. The highest BCUT2D eigenvalue weighted by atomic mass is 19.1. The maximum absolute atomic E-state index is 14.9. The number of hydrogen-bond donors (Lipinski definition) is 6. The third-order valence-corrected chi connectivity index (χ3v) is 16.6. The monoisotopic (exact) mass is 1150 g/mol. The molecule has 0 aliphatic carbocycles. The zero-order chi connectivity index (χ0) is 59.7. The van der Waals surface area contributed by atoms with E-state index < -0.39 is 18.5 Å². The van der Waals surface area contributed by atoms with Crippen LogP contribution in [0.3, 0.4) is 0 Å². The van der Waals surface area contributed by atoms with Crippen LogP contribution in [0.1, 0.15) is 96.0 Å². The number of anilines is 3. The molecule has 444 valence electrons. The van der Waals surface area contributed by atoms with Crippen LogP contribution in [0.5, 0.6) is 0 Å². The number of hydrogen-bond acceptors (Lipinski definition) is 12. The van der Waals surface area contributed by atoms with Gasteiger partial charge < -0.3 is 45.6 Å². The highest BCUT2D eigenvalue weighted by Gasteiger charge is 2.37. The van der Waals surface area contributed by atoms with Crippen LogP contribution in [0, 0.1) is 20.8 Å². The summed E-state index contributed by atoms with van der Waals surface area (Å²) in [5.41, 5.74) is 13.8. The summed E-state index contributed by atoms with van der Waals surface area (Å²) in [5, 5.41) is 26.8. The van der Waals surface area contributed by atoms with Crippen LogP contribution in [-0.4, -0.2) is 169 Å². The minimum Gasteiger partial charge on any atom is -0.387 e. The topological polar surface area (TPSA) is 237 Å². The Kier molecular flexibility index (Phi) is 17.2. The van der Waals surface area contributed by atoms with Crippen LogP contribution in [-0.2, 0) is 14.4 Å². The molecule has 3 amide bonds. The lowest BCUT2D eigenvalue weighted by Crippen LogP contribution is -2.45. The van der Waals surface area contributed by atoms with E-state index in [1.54, 1.807) is 47.3 Å². The zero-order valence-corrected chi connectivity index (χ0v) is 49.3. The zero-order valence-electron chi connectivity index (χ0n) is 49.3. The van der Waals surface area contributed by atoms with E-state index in [0.717, 1.165) is 107 Å². The first kappa shape index (κ1) is 58.5. The molecule has 0 bridgehead atoms. The van der Waals surface area contributed by atoms with Crippen LogP contribution >= 0.6 is 0 Å². The Balaban J connectivity index is 0.000000140. The predicted octanol–water partition coefficient (Wildman–Crippen LogP) is 9.89. The Morgan fingerprint density at radius 2 is 0.869 bits per heavy atom. The maximum Gasteiger partial charge on any atom is 0.219 e. The number of fused-ring (bicyclic) bond motifs is 3. The molecule has 3 aliphatic rings. The second kappa shape index (κ2) is 24.6. The molecule has 0 spiro atoms. The van der Waals surface area contributed by atoms with E-state index in [0.29, 0.717) is 38.9 Å². The van der Waals surface area contributed by atoms with E-state index in [2.05, 4.69) is 81.9 Å². The van der Waals surface area contributed by atoms with Gasteiger partial charge in [0.25, 0.3) is 0 Å². The van der Waals surface area contributed by atoms with Gasteiger partial charge in [0, 0.05) is 164 Å². The molecular formula is C60H75F3N18O3. The molecule has 3 aliphatic heterocycles. The van der Waals surface area contributed by atoms with E-state index in [1.165, 1.54) is 20.8 Å². The van der Waals surface area contributed by atoms with Gasteiger partial charge in [-0.05, 0) is 79.0 Å². The van der Waals surface area contributed by atoms with Crippen molar-refractivity contribution < 1.29 is 27.6 Å². The van der Waals surface area contributed by atoms with Gasteiger partial charge in [0.1, 0.15) is 35.5 Å². The summed E-state index contributed by atoms with van der Waals surface area (Å²) < 4.78 is 49.8. The first-order chi connectivity index (χ1) is 40.4. The summed E-state index contributed by atoms with van der Waals surface area (Å²) in [6.45, 7) is 19.3. The normalized spacial score (nSPS) is 20.0. The lowest BCUT2D eigenvalue weighted by molar-refractivity contribution is -0.132. The summed E-state index contributed by atoms with van der Waals surface area (Å²) >= 11 is 0. The van der Waals surface area contributed by atoms with Gasteiger partial charge >= 0.3 is 0 Å². The second-order valence-electron chi connectivity index (χ2n) is 22.2. The van der Waals surface area contributed by atoms with Crippen LogP contribution in [0.15, 0.2) is 74.0 Å². The quantitative estimate of drug-likeness (QED) is 0.0710. The van der Waals surface area contributed by atoms with Crippen LogP contribution in [0.25, 0.3) is 66.5 Å². The smallest absolute Gasteiger partial charge is 0.219 e. The van der Waals surface area contributed by atoms with Gasteiger partial charge in [-0.15, -0.1) is 0 Å². The van der Waals surface area contributed by atoms with Crippen molar-refractivity contribution in [2.45, 2.75) is 124 Å². The van der Waals surface area contributed by atoms with Crippen molar-refractivity contribution in [2.75, 3.05) is 68.8 Å². The van der Waals surface area contributed by atoms with E-state index in [4.69, 9.17) is 0 Å². The molecule has 6 N–H and O–H groups in total. The van der Waals surface area contributed by atoms with Gasteiger partial charge in [-0.3, -0.25) is 28.4 Å². The molecular weight excluding hydrogens is 1080 g/mol. The number of alkyl halides is 3. The highest BCUT2D eigenvalue weighted by Crippen LogP contribution is 2.41. The summed E-state index contributed by atoms with van der Waals surface area (Å²) in [6.07, 6.45) is 14.7. The molecule has 12 rings (SSSR count). The lowest BCUT2D eigenvalue weighted by Gasteiger charge is -2.34. The molecule has 9 aromatic rings. The maximum atomic E-state index is 14.9. The fourth-order valence-corrected chi connectivity index (χ4v) is 12.1. The minimum absolute atomic E-state index is 0.0832. The Labute approximate surface area is 485 Å². The number of piperidine rings is 3. The molecule has 0 radical (unpaired) electrons. The van der Waals surface area contributed by atoms with Crippen LogP contribution < -0.4 is 16.0 Å². The first-order valence-electron chi connectivity index (χ1n) is 28.8. The molecule has 21 nitrogen and oxygen atoms in total. The average molecular weight is 1150 g/mol. The van der Waals surface area contributed by atoms with E-state index in [1.807, 2.05) is 83.2 Å². The number of carbonyl (C=O) groups is 3. The number of aromatic amines is 3. The van der Waals surface area contributed by atoms with Crippen LogP contribution in [0.4, 0.5) is 30.2 Å². The van der Waals surface area contributed by atoms with E-state index in [9.17, 15) is 27.6 Å². The molecule has 9 aromatic heterocycles. The number of nitrogens with one attached hydrogen (secondary N) is 6. The Bertz CT molecular complexity index is 3820. The Morgan fingerprint density at radius 1 is 0.536 bits per heavy atom. The Morgan fingerprint density at radius 3 is 1.19 bits per heavy atom. The van der Waals surface area contributed by atoms with Crippen LogP contribution in [0.2, 0.25) is 0 Å². The number of amides is 3. The van der Waals surface area contributed by atoms with Gasteiger partial charge in [-0.25, -0.2) is 28.1 Å². The molecule has 6 atom stereocenters. The molecule has 12 heterocycles. The van der Waals surface area contributed by atoms with Crippen molar-refractivity contribution in [3.05, 3.63) is 91.1 Å². The average Bonchev–Trinajstić information content (AvgIpc) is 3.93. The minimum atomic E-state index is -1.14. The predicted molar refractivity (Wildman–Crippen MR) is 321 cm³/mol. The largest absolute Gasteiger partial charge is 0.387 e. The van der Waals surface area contributed by atoms with E-state index in [-0.39, 0.29) is 61.5 Å². The van der Waals surface area contributed by atoms with Crippen molar-refractivity contribution >= 4 is 67.9 Å². The SMILES string of the molecule is CC(=O)N1CC[C@H](n2ncc(-c3cnc4[nH]ccc4c3NC(C)C)c2C)[C@@H](F)C1.CCNc1c(-c2cnn([C@H]3CCN(C(C)=O)C[C@@H]3F)c2C)cnc2[nH]ccc12.CNc1c(-c2cnn([C@H]3CCN(C(C)=O)C[C@@H]3F)c2C)cnc2[nH]ccc12. The van der Waals surface area contributed by atoms with Gasteiger partial charge in [0.05, 0.1) is 73.4 Å². The first-order valence-corrected chi connectivity index (χ1v) is 28.8. The van der Waals surface area contributed by atoms with Crippen molar-refractivity contribution in [1.29, 1.82) is 0 Å². The molecule has 0 unspecified atom stereocenters. The molecule has 3 saturated heterocycles. The fraction of sp³-hybridized carbons (Fsp3) is 0.450. The number of likely N-dealkylation sites (tertiary alicyclic amines) is 3. The third kappa shape index (κ3) is 11.4. The number of nitrogens with zero attached hydrogens (tertiary/aromatic N) is 12.